The van der Waals surface area contributed by atoms with Gasteiger partial charge in [0.25, 0.3) is 0 Å². The molecule has 0 aliphatic heterocycles. The maximum Gasteiger partial charge on any atom is 0.154 e. The van der Waals surface area contributed by atoms with Gasteiger partial charge in [0.05, 0.1) is 18.2 Å². The first kappa shape index (κ1) is 13.7. The van der Waals surface area contributed by atoms with Crippen LogP contribution in [0.1, 0.15) is 18.2 Å². The van der Waals surface area contributed by atoms with E-state index in [9.17, 15) is 0 Å². The van der Waals surface area contributed by atoms with Crippen molar-refractivity contribution in [3.63, 3.8) is 0 Å². The average Bonchev–Trinajstić information content (AvgIpc) is 2.71. The van der Waals surface area contributed by atoms with Gasteiger partial charge in [-0.3, -0.25) is 0 Å². The second-order valence-corrected chi connectivity index (χ2v) is 4.74. The number of ether oxygens (including phenoxy) is 1. The van der Waals surface area contributed by atoms with Crippen molar-refractivity contribution >= 4 is 34.2 Å². The van der Waals surface area contributed by atoms with Crippen molar-refractivity contribution in [1.29, 1.82) is 0 Å². The van der Waals surface area contributed by atoms with Gasteiger partial charge in [0.2, 0.25) is 0 Å². The molecule has 0 saturated heterocycles. The minimum atomic E-state index is 0.453. The molecule has 0 aliphatic carbocycles. The SMILES string of the molecule is CCNCc1oc2c(Cl)c(Cl)ccc2c1COC. The van der Waals surface area contributed by atoms with Crippen molar-refractivity contribution in [3.8, 4) is 0 Å². The predicted octanol–water partition coefficient (Wildman–Crippen LogP) is 4.00. The van der Waals surface area contributed by atoms with Gasteiger partial charge in [0.15, 0.2) is 5.58 Å². The summed E-state index contributed by atoms with van der Waals surface area (Å²) in [7, 11) is 1.66. The number of benzene rings is 1. The first-order valence-electron chi connectivity index (χ1n) is 5.77. The lowest BCUT2D eigenvalue weighted by Crippen LogP contribution is -2.12. The van der Waals surface area contributed by atoms with Crippen LogP contribution in [0.25, 0.3) is 11.0 Å². The van der Waals surface area contributed by atoms with Crippen LogP contribution >= 0.6 is 23.2 Å². The van der Waals surface area contributed by atoms with E-state index in [1.54, 1.807) is 13.2 Å². The van der Waals surface area contributed by atoms with Crippen LogP contribution in [0.2, 0.25) is 10.0 Å². The van der Waals surface area contributed by atoms with E-state index in [-0.39, 0.29) is 0 Å². The summed E-state index contributed by atoms with van der Waals surface area (Å²) in [6, 6.07) is 3.69. The molecule has 2 rings (SSSR count). The molecule has 1 aromatic carbocycles. The highest BCUT2D eigenvalue weighted by atomic mass is 35.5. The number of hydrogen-bond acceptors (Lipinski definition) is 3. The fraction of sp³-hybridized carbons (Fsp3) is 0.385. The zero-order valence-electron chi connectivity index (χ0n) is 10.3. The van der Waals surface area contributed by atoms with E-state index in [1.165, 1.54) is 0 Å². The second kappa shape index (κ2) is 5.93. The van der Waals surface area contributed by atoms with Gasteiger partial charge in [0, 0.05) is 18.1 Å². The van der Waals surface area contributed by atoms with Gasteiger partial charge < -0.3 is 14.5 Å². The number of rotatable bonds is 5. The van der Waals surface area contributed by atoms with Crippen molar-refractivity contribution in [2.24, 2.45) is 0 Å². The summed E-state index contributed by atoms with van der Waals surface area (Å²) < 4.78 is 11.0. The van der Waals surface area contributed by atoms with Crippen LogP contribution in [-0.4, -0.2) is 13.7 Å². The molecule has 0 unspecified atom stereocenters. The third-order valence-electron chi connectivity index (χ3n) is 2.76. The molecule has 2 aromatic rings. The van der Waals surface area contributed by atoms with Crippen LogP contribution in [0.4, 0.5) is 0 Å². The Kier molecular flexibility index (Phi) is 4.51. The van der Waals surface area contributed by atoms with Gasteiger partial charge in [-0.25, -0.2) is 0 Å². The van der Waals surface area contributed by atoms with E-state index >= 15 is 0 Å². The topological polar surface area (TPSA) is 34.4 Å². The quantitative estimate of drug-likeness (QED) is 0.903. The molecule has 3 nitrogen and oxygen atoms in total. The molecular weight excluding hydrogens is 273 g/mol. The van der Waals surface area contributed by atoms with Gasteiger partial charge in [-0.2, -0.15) is 0 Å². The summed E-state index contributed by atoms with van der Waals surface area (Å²) in [6.07, 6.45) is 0. The normalized spacial score (nSPS) is 11.3. The third kappa shape index (κ3) is 2.50. The molecule has 1 heterocycles. The standard InChI is InChI=1S/C13H15Cl2NO2/c1-3-16-6-11-9(7-17-2)8-4-5-10(14)12(15)13(8)18-11/h4-5,16H,3,6-7H2,1-2H3. The van der Waals surface area contributed by atoms with E-state index in [2.05, 4.69) is 5.32 Å². The van der Waals surface area contributed by atoms with Gasteiger partial charge in [-0.15, -0.1) is 0 Å². The predicted molar refractivity (Wildman–Crippen MR) is 74.3 cm³/mol. The molecule has 1 N–H and O–H groups in total. The number of nitrogens with one attached hydrogen (secondary N) is 1. The Morgan fingerprint density at radius 3 is 2.78 bits per heavy atom. The molecule has 18 heavy (non-hydrogen) atoms. The van der Waals surface area contributed by atoms with Crippen LogP contribution in [0.5, 0.6) is 0 Å². The Balaban J connectivity index is 2.55. The molecule has 0 spiro atoms. The summed E-state index contributed by atoms with van der Waals surface area (Å²) in [6.45, 7) is 4.06. The Bertz CT molecular complexity index is 551. The molecule has 5 heteroatoms. The van der Waals surface area contributed by atoms with Crippen molar-refractivity contribution in [2.45, 2.75) is 20.1 Å². The molecule has 0 saturated carbocycles. The monoisotopic (exact) mass is 287 g/mol. The first-order valence-corrected chi connectivity index (χ1v) is 6.52. The first-order chi connectivity index (χ1) is 8.69. The largest absolute Gasteiger partial charge is 0.458 e. The number of methoxy groups -OCH3 is 1. The second-order valence-electron chi connectivity index (χ2n) is 3.96. The van der Waals surface area contributed by atoms with Gasteiger partial charge in [-0.05, 0) is 18.7 Å². The van der Waals surface area contributed by atoms with Gasteiger partial charge in [-0.1, -0.05) is 30.1 Å². The molecule has 1 aromatic heterocycles. The van der Waals surface area contributed by atoms with E-state index in [0.29, 0.717) is 28.8 Å². The summed E-state index contributed by atoms with van der Waals surface area (Å²) in [4.78, 5) is 0. The molecule has 98 valence electrons. The number of halogens is 2. The molecule has 0 radical (unpaired) electrons. The van der Waals surface area contributed by atoms with E-state index in [0.717, 1.165) is 23.3 Å². The fourth-order valence-corrected chi connectivity index (χ4v) is 2.24. The summed E-state index contributed by atoms with van der Waals surface area (Å²) in [5.41, 5.74) is 1.65. The van der Waals surface area contributed by atoms with Crippen molar-refractivity contribution < 1.29 is 9.15 Å². The number of fused-ring (bicyclic) bond motifs is 1. The average molecular weight is 288 g/mol. The lowest BCUT2D eigenvalue weighted by atomic mass is 10.1. The maximum absolute atomic E-state index is 6.16. The Morgan fingerprint density at radius 1 is 1.33 bits per heavy atom. The van der Waals surface area contributed by atoms with E-state index in [4.69, 9.17) is 32.4 Å². The summed E-state index contributed by atoms with van der Waals surface area (Å²) in [5.74, 6) is 0.845. The third-order valence-corrected chi connectivity index (χ3v) is 3.55. The maximum atomic E-state index is 6.16. The summed E-state index contributed by atoms with van der Waals surface area (Å²) >= 11 is 12.2. The Labute approximate surface area is 116 Å². The van der Waals surface area contributed by atoms with E-state index in [1.807, 2.05) is 13.0 Å². The molecule has 0 bridgehead atoms. The molecule has 0 amide bonds. The zero-order valence-corrected chi connectivity index (χ0v) is 11.9. The van der Waals surface area contributed by atoms with Gasteiger partial charge in [0.1, 0.15) is 10.8 Å². The molecule has 0 aliphatic rings. The lowest BCUT2D eigenvalue weighted by Gasteiger charge is -2.02. The molecule has 0 fully saturated rings. The van der Waals surface area contributed by atoms with Crippen LogP contribution in [0, 0.1) is 0 Å². The van der Waals surface area contributed by atoms with Crippen LogP contribution in [-0.2, 0) is 17.9 Å². The molecular formula is C13H15Cl2NO2. The van der Waals surface area contributed by atoms with Crippen LogP contribution in [0.15, 0.2) is 16.5 Å². The summed E-state index contributed by atoms with van der Waals surface area (Å²) in [5, 5.41) is 5.14. The van der Waals surface area contributed by atoms with Crippen molar-refractivity contribution in [3.05, 3.63) is 33.5 Å². The van der Waals surface area contributed by atoms with E-state index < -0.39 is 0 Å². The molecule has 0 atom stereocenters. The number of hydrogen-bond donors (Lipinski definition) is 1. The minimum absolute atomic E-state index is 0.453. The highest BCUT2D eigenvalue weighted by molar-refractivity contribution is 6.44. The number of furan rings is 1. The highest BCUT2D eigenvalue weighted by Crippen LogP contribution is 2.36. The van der Waals surface area contributed by atoms with Crippen LogP contribution < -0.4 is 5.32 Å². The zero-order chi connectivity index (χ0) is 13.1. The fourth-order valence-electron chi connectivity index (χ4n) is 1.89. The lowest BCUT2D eigenvalue weighted by molar-refractivity contribution is 0.183. The highest BCUT2D eigenvalue weighted by Gasteiger charge is 2.17. The van der Waals surface area contributed by atoms with Crippen molar-refractivity contribution in [1.82, 2.24) is 5.32 Å². The minimum Gasteiger partial charge on any atom is -0.458 e. The smallest absolute Gasteiger partial charge is 0.154 e. The Morgan fingerprint density at radius 2 is 2.11 bits per heavy atom. The van der Waals surface area contributed by atoms with Crippen molar-refractivity contribution in [2.75, 3.05) is 13.7 Å². The van der Waals surface area contributed by atoms with Crippen LogP contribution in [0.3, 0.4) is 0 Å². The van der Waals surface area contributed by atoms with Gasteiger partial charge >= 0.3 is 0 Å². The Hall–Kier alpha value is -0.740.